The molecule has 26 heavy (non-hydrogen) atoms. The highest BCUT2D eigenvalue weighted by Gasteiger charge is 2.35. The summed E-state index contributed by atoms with van der Waals surface area (Å²) in [6, 6.07) is 0.268. The number of nitrogens with one attached hydrogen (secondary N) is 1. The molecule has 0 aromatic carbocycles. The minimum absolute atomic E-state index is 0.148. The SMILES string of the molecule is CN=C(NCC(C)C)N1CCC(N(CC2CC2)C(=O)OC(C)(C)C)CC1. The number of amides is 1. The van der Waals surface area contributed by atoms with Crippen molar-refractivity contribution in [3.05, 3.63) is 0 Å². The van der Waals surface area contributed by atoms with E-state index >= 15 is 0 Å². The standard InChI is InChI=1S/C20H38N4O2/c1-15(2)13-22-18(21-6)23-11-9-17(10-12-23)24(14-16-7-8-16)19(25)26-20(3,4)5/h15-17H,7-14H2,1-6H3,(H,21,22). The van der Waals surface area contributed by atoms with E-state index in [1.165, 1.54) is 12.8 Å². The smallest absolute Gasteiger partial charge is 0.410 e. The Hall–Kier alpha value is -1.46. The van der Waals surface area contributed by atoms with Crippen LogP contribution in [0.25, 0.3) is 0 Å². The monoisotopic (exact) mass is 366 g/mol. The number of guanidine groups is 1. The largest absolute Gasteiger partial charge is 0.444 e. The molecule has 1 N–H and O–H groups in total. The average Bonchev–Trinajstić information content (AvgIpc) is 3.36. The number of carbonyl (C=O) groups excluding carboxylic acids is 1. The topological polar surface area (TPSA) is 57.2 Å². The third-order valence-electron chi connectivity index (χ3n) is 4.86. The van der Waals surface area contributed by atoms with Gasteiger partial charge in [0.2, 0.25) is 0 Å². The summed E-state index contributed by atoms with van der Waals surface area (Å²) in [5.41, 5.74) is -0.442. The Labute approximate surface area is 159 Å². The van der Waals surface area contributed by atoms with Gasteiger partial charge in [-0.15, -0.1) is 0 Å². The molecule has 0 unspecified atom stereocenters. The van der Waals surface area contributed by atoms with Crippen LogP contribution in [-0.4, -0.2) is 66.7 Å². The Kier molecular flexibility index (Phi) is 7.18. The molecule has 0 spiro atoms. The molecule has 2 rings (SSSR count). The van der Waals surface area contributed by atoms with Crippen LogP contribution in [-0.2, 0) is 4.74 Å². The van der Waals surface area contributed by atoms with E-state index in [2.05, 4.69) is 29.1 Å². The van der Waals surface area contributed by atoms with E-state index in [0.29, 0.717) is 11.8 Å². The zero-order chi connectivity index (χ0) is 19.3. The van der Waals surface area contributed by atoms with Crippen LogP contribution >= 0.6 is 0 Å². The number of carbonyl (C=O) groups is 1. The van der Waals surface area contributed by atoms with E-state index in [9.17, 15) is 4.79 Å². The quantitative estimate of drug-likeness (QED) is 0.599. The van der Waals surface area contributed by atoms with E-state index in [4.69, 9.17) is 4.74 Å². The summed E-state index contributed by atoms with van der Waals surface area (Å²) >= 11 is 0. The van der Waals surface area contributed by atoms with Gasteiger partial charge in [-0.1, -0.05) is 13.8 Å². The fourth-order valence-electron chi connectivity index (χ4n) is 3.29. The lowest BCUT2D eigenvalue weighted by atomic mass is 10.0. The van der Waals surface area contributed by atoms with Crippen molar-refractivity contribution in [1.29, 1.82) is 0 Å². The number of nitrogens with zero attached hydrogens (tertiary/aromatic N) is 3. The van der Waals surface area contributed by atoms with Gasteiger partial charge in [0.1, 0.15) is 5.60 Å². The van der Waals surface area contributed by atoms with Crippen LogP contribution in [0.2, 0.25) is 0 Å². The Morgan fingerprint density at radius 1 is 1.23 bits per heavy atom. The van der Waals surface area contributed by atoms with Crippen molar-refractivity contribution >= 4 is 12.1 Å². The van der Waals surface area contributed by atoms with Gasteiger partial charge < -0.3 is 19.9 Å². The minimum atomic E-state index is -0.442. The number of rotatable bonds is 5. The molecule has 2 aliphatic rings. The van der Waals surface area contributed by atoms with Crippen molar-refractivity contribution in [3.8, 4) is 0 Å². The molecule has 1 aliphatic heterocycles. The van der Waals surface area contributed by atoms with Gasteiger partial charge in [0.15, 0.2) is 5.96 Å². The summed E-state index contributed by atoms with van der Waals surface area (Å²) in [4.78, 5) is 21.5. The Balaban J connectivity index is 1.92. The van der Waals surface area contributed by atoms with Crippen LogP contribution in [0.5, 0.6) is 0 Å². The van der Waals surface area contributed by atoms with Gasteiger partial charge in [-0.05, 0) is 58.3 Å². The van der Waals surface area contributed by atoms with Crippen LogP contribution in [0.1, 0.15) is 60.3 Å². The van der Waals surface area contributed by atoms with Crippen LogP contribution < -0.4 is 5.32 Å². The number of ether oxygens (including phenoxy) is 1. The van der Waals surface area contributed by atoms with Crippen molar-refractivity contribution in [2.75, 3.05) is 33.2 Å². The molecule has 0 atom stereocenters. The molecule has 1 aliphatic carbocycles. The van der Waals surface area contributed by atoms with E-state index < -0.39 is 5.60 Å². The maximum absolute atomic E-state index is 12.7. The molecule has 1 heterocycles. The molecule has 0 aromatic heterocycles. The van der Waals surface area contributed by atoms with E-state index in [1.807, 2.05) is 32.7 Å². The molecular weight excluding hydrogens is 328 g/mol. The Bertz CT molecular complexity index is 487. The van der Waals surface area contributed by atoms with Crippen molar-refractivity contribution in [2.45, 2.75) is 71.9 Å². The van der Waals surface area contributed by atoms with Gasteiger partial charge in [0.05, 0.1) is 0 Å². The van der Waals surface area contributed by atoms with Gasteiger partial charge in [-0.2, -0.15) is 0 Å². The Morgan fingerprint density at radius 2 is 1.85 bits per heavy atom. The number of hydrogen-bond acceptors (Lipinski definition) is 3. The van der Waals surface area contributed by atoms with Crippen LogP contribution in [0.15, 0.2) is 4.99 Å². The van der Waals surface area contributed by atoms with E-state index in [0.717, 1.165) is 45.0 Å². The summed E-state index contributed by atoms with van der Waals surface area (Å²) < 4.78 is 5.68. The van der Waals surface area contributed by atoms with Crippen molar-refractivity contribution in [2.24, 2.45) is 16.8 Å². The molecule has 2 fully saturated rings. The average molecular weight is 367 g/mol. The van der Waals surface area contributed by atoms with Gasteiger partial charge in [0, 0.05) is 39.3 Å². The highest BCUT2D eigenvalue weighted by atomic mass is 16.6. The predicted molar refractivity (Wildman–Crippen MR) is 106 cm³/mol. The van der Waals surface area contributed by atoms with E-state index in [1.54, 1.807) is 0 Å². The lowest BCUT2D eigenvalue weighted by Gasteiger charge is -2.40. The lowest BCUT2D eigenvalue weighted by Crippen LogP contribution is -2.52. The van der Waals surface area contributed by atoms with Gasteiger partial charge >= 0.3 is 6.09 Å². The molecule has 1 amide bonds. The van der Waals surface area contributed by atoms with Crippen molar-refractivity contribution < 1.29 is 9.53 Å². The molecule has 150 valence electrons. The maximum Gasteiger partial charge on any atom is 0.410 e. The first-order valence-electron chi connectivity index (χ1n) is 10.1. The molecule has 6 heteroatoms. The zero-order valence-corrected chi connectivity index (χ0v) is 17.5. The highest BCUT2D eigenvalue weighted by Crippen LogP contribution is 2.32. The van der Waals surface area contributed by atoms with E-state index in [-0.39, 0.29) is 12.1 Å². The molecule has 1 saturated carbocycles. The highest BCUT2D eigenvalue weighted by molar-refractivity contribution is 5.80. The number of hydrogen-bond donors (Lipinski definition) is 1. The fourth-order valence-corrected chi connectivity index (χ4v) is 3.29. The second kappa shape index (κ2) is 8.96. The fraction of sp³-hybridized carbons (Fsp3) is 0.900. The van der Waals surface area contributed by atoms with Crippen LogP contribution in [0, 0.1) is 11.8 Å². The third-order valence-corrected chi connectivity index (χ3v) is 4.86. The molecule has 0 aromatic rings. The molecular formula is C20H38N4O2. The summed E-state index contributed by atoms with van der Waals surface area (Å²) in [6.07, 6.45) is 4.27. The first kappa shape index (κ1) is 20.8. The first-order chi connectivity index (χ1) is 12.2. The normalized spacial score (nSPS) is 19.7. The van der Waals surface area contributed by atoms with Crippen LogP contribution in [0.4, 0.5) is 4.79 Å². The Morgan fingerprint density at radius 3 is 2.31 bits per heavy atom. The number of piperidine rings is 1. The molecule has 1 saturated heterocycles. The third kappa shape index (κ3) is 6.69. The zero-order valence-electron chi connectivity index (χ0n) is 17.5. The number of likely N-dealkylation sites (tertiary alicyclic amines) is 1. The maximum atomic E-state index is 12.7. The minimum Gasteiger partial charge on any atom is -0.444 e. The first-order valence-corrected chi connectivity index (χ1v) is 10.1. The molecule has 0 radical (unpaired) electrons. The van der Waals surface area contributed by atoms with Gasteiger partial charge in [0.25, 0.3) is 0 Å². The van der Waals surface area contributed by atoms with Crippen molar-refractivity contribution in [1.82, 2.24) is 15.1 Å². The lowest BCUT2D eigenvalue weighted by molar-refractivity contribution is 0.00928. The predicted octanol–water partition coefficient (Wildman–Crippen LogP) is 3.33. The van der Waals surface area contributed by atoms with Crippen molar-refractivity contribution in [3.63, 3.8) is 0 Å². The second-order valence-electron chi connectivity index (χ2n) is 9.12. The summed E-state index contributed by atoms with van der Waals surface area (Å²) in [5, 5.41) is 3.45. The molecule has 6 nitrogen and oxygen atoms in total. The summed E-state index contributed by atoms with van der Waals surface area (Å²) in [7, 11) is 1.84. The molecule has 0 bridgehead atoms. The second-order valence-corrected chi connectivity index (χ2v) is 9.12. The summed E-state index contributed by atoms with van der Waals surface area (Å²) in [6.45, 7) is 13.8. The number of aliphatic imine (C=N–C) groups is 1. The summed E-state index contributed by atoms with van der Waals surface area (Å²) in [5.74, 6) is 2.23. The van der Waals surface area contributed by atoms with Crippen LogP contribution in [0.3, 0.4) is 0 Å². The van der Waals surface area contributed by atoms with Gasteiger partial charge in [-0.3, -0.25) is 4.99 Å². The van der Waals surface area contributed by atoms with Gasteiger partial charge in [-0.25, -0.2) is 4.79 Å².